The molecule has 0 aliphatic carbocycles. The van der Waals surface area contributed by atoms with Crippen molar-refractivity contribution in [3.63, 3.8) is 0 Å². The van der Waals surface area contributed by atoms with Crippen LogP contribution in [0.2, 0.25) is 5.02 Å². The third-order valence-corrected chi connectivity index (χ3v) is 6.97. The van der Waals surface area contributed by atoms with Crippen LogP contribution in [0.15, 0.2) is 36.7 Å². The number of amides is 3. The monoisotopic (exact) mass is 498 g/mol. The van der Waals surface area contributed by atoms with E-state index < -0.39 is 11.2 Å². The summed E-state index contributed by atoms with van der Waals surface area (Å²) in [5, 5.41) is 9.28. The summed E-state index contributed by atoms with van der Waals surface area (Å²) in [5.41, 5.74) is 2.02. The second kappa shape index (κ2) is 8.77. The van der Waals surface area contributed by atoms with Gasteiger partial charge in [0.1, 0.15) is 0 Å². The molecule has 1 saturated heterocycles. The Balaban J connectivity index is 1.71. The van der Waals surface area contributed by atoms with Gasteiger partial charge in [-0.15, -0.1) is 0 Å². The van der Waals surface area contributed by atoms with Crippen molar-refractivity contribution in [1.82, 2.24) is 25.5 Å². The molecule has 0 saturated carbocycles. The highest BCUT2D eigenvalue weighted by molar-refractivity contribution is 6.32. The molecule has 1 fully saturated rings. The van der Waals surface area contributed by atoms with Crippen LogP contribution in [-0.2, 0) is 5.41 Å². The Hall–Kier alpha value is -3.79. The molecule has 0 unspecified atom stereocenters. The van der Waals surface area contributed by atoms with Crippen LogP contribution in [0.5, 0.6) is 5.75 Å². The minimum absolute atomic E-state index is 0.186. The summed E-state index contributed by atoms with van der Waals surface area (Å²) in [6.45, 7) is 1.28. The van der Waals surface area contributed by atoms with Gasteiger partial charge in [-0.3, -0.25) is 9.78 Å². The van der Waals surface area contributed by atoms with Crippen LogP contribution in [0.25, 0.3) is 11.3 Å². The number of rotatable bonds is 4. The number of nitrogens with zero attached hydrogens (tertiary/aromatic N) is 2. The fraction of sp³-hybridized carbons (Fsp3) is 0.292. The minimum Gasteiger partial charge on any atom is -0.493 e. The average Bonchev–Trinajstić information content (AvgIpc) is 3.45. The SMILES string of the molecule is CNC(=O)N1CC[C@@]2(CNC(=O)c3c2[nH]c(-c2ccncc2F)c3Nc2cccc(Cl)c2OC)C1. The lowest BCUT2D eigenvalue weighted by atomic mass is 9.79. The maximum absolute atomic E-state index is 14.9. The molecule has 0 radical (unpaired) electrons. The molecule has 4 heterocycles. The first-order valence-electron chi connectivity index (χ1n) is 11.1. The van der Waals surface area contributed by atoms with Crippen molar-refractivity contribution in [2.75, 3.05) is 39.1 Å². The van der Waals surface area contributed by atoms with Gasteiger partial charge >= 0.3 is 6.03 Å². The number of nitrogens with one attached hydrogen (secondary N) is 4. The summed E-state index contributed by atoms with van der Waals surface area (Å²) in [6.07, 6.45) is 3.24. The Morgan fingerprint density at radius 3 is 2.91 bits per heavy atom. The first kappa shape index (κ1) is 23.0. The van der Waals surface area contributed by atoms with Crippen LogP contribution in [0, 0.1) is 5.82 Å². The number of carbonyl (C=O) groups is 2. The van der Waals surface area contributed by atoms with Gasteiger partial charge in [-0.2, -0.15) is 0 Å². The minimum atomic E-state index is -0.549. The average molecular weight is 499 g/mol. The maximum atomic E-state index is 14.9. The Morgan fingerprint density at radius 1 is 1.34 bits per heavy atom. The van der Waals surface area contributed by atoms with Crippen molar-refractivity contribution in [3.05, 3.63) is 58.8 Å². The van der Waals surface area contributed by atoms with Gasteiger partial charge in [0.2, 0.25) is 0 Å². The summed E-state index contributed by atoms with van der Waals surface area (Å²) in [7, 11) is 3.08. The maximum Gasteiger partial charge on any atom is 0.317 e. The molecule has 0 bridgehead atoms. The molecule has 3 aromatic rings. The van der Waals surface area contributed by atoms with Gasteiger partial charge in [0.15, 0.2) is 11.6 Å². The molecule has 2 aromatic heterocycles. The number of ether oxygens (including phenoxy) is 1. The molecule has 2 aliphatic rings. The largest absolute Gasteiger partial charge is 0.493 e. The summed E-state index contributed by atoms with van der Waals surface area (Å²) >= 11 is 6.32. The molecule has 11 heteroatoms. The van der Waals surface area contributed by atoms with E-state index in [1.807, 2.05) is 0 Å². The number of pyridine rings is 1. The predicted octanol–water partition coefficient (Wildman–Crippen LogP) is 3.65. The zero-order valence-corrected chi connectivity index (χ0v) is 19.9. The highest BCUT2D eigenvalue weighted by Gasteiger charge is 2.48. The van der Waals surface area contributed by atoms with E-state index in [0.29, 0.717) is 65.2 Å². The van der Waals surface area contributed by atoms with Crippen LogP contribution < -0.4 is 20.7 Å². The van der Waals surface area contributed by atoms with Gasteiger partial charge in [0, 0.05) is 49.6 Å². The third kappa shape index (κ3) is 3.74. The normalized spacial score (nSPS) is 18.9. The van der Waals surface area contributed by atoms with E-state index in [4.69, 9.17) is 16.3 Å². The Labute approximate surface area is 206 Å². The first-order valence-corrected chi connectivity index (χ1v) is 11.5. The van der Waals surface area contributed by atoms with Crippen LogP contribution in [-0.4, -0.2) is 60.6 Å². The van der Waals surface area contributed by atoms with Crippen molar-refractivity contribution < 1.29 is 18.7 Å². The smallest absolute Gasteiger partial charge is 0.317 e. The number of methoxy groups -OCH3 is 1. The zero-order chi connectivity index (χ0) is 24.7. The van der Waals surface area contributed by atoms with Gasteiger partial charge in [-0.05, 0) is 24.6 Å². The second-order valence-electron chi connectivity index (χ2n) is 8.62. The van der Waals surface area contributed by atoms with Crippen molar-refractivity contribution >= 4 is 34.9 Å². The fourth-order valence-corrected chi connectivity index (χ4v) is 5.21. The summed E-state index contributed by atoms with van der Waals surface area (Å²) < 4.78 is 20.4. The van der Waals surface area contributed by atoms with E-state index in [9.17, 15) is 14.0 Å². The number of hydrogen-bond acceptors (Lipinski definition) is 5. The predicted molar refractivity (Wildman–Crippen MR) is 130 cm³/mol. The molecule has 4 N–H and O–H groups in total. The molecule has 1 aromatic carbocycles. The molecule has 1 atom stereocenters. The van der Waals surface area contributed by atoms with Gasteiger partial charge in [0.05, 0.1) is 41.0 Å². The number of H-pyrrole nitrogens is 1. The lowest BCUT2D eigenvalue weighted by Gasteiger charge is -2.33. The van der Waals surface area contributed by atoms with E-state index in [-0.39, 0.29) is 17.5 Å². The van der Waals surface area contributed by atoms with E-state index in [1.54, 1.807) is 36.2 Å². The van der Waals surface area contributed by atoms with Gasteiger partial charge in [0.25, 0.3) is 5.91 Å². The van der Waals surface area contributed by atoms with Crippen molar-refractivity contribution in [3.8, 4) is 17.0 Å². The van der Waals surface area contributed by atoms with Crippen molar-refractivity contribution in [1.29, 1.82) is 0 Å². The van der Waals surface area contributed by atoms with E-state index in [2.05, 4.69) is 25.9 Å². The number of aromatic amines is 1. The van der Waals surface area contributed by atoms with Crippen LogP contribution >= 0.6 is 11.6 Å². The number of halogens is 2. The number of aromatic nitrogens is 2. The van der Waals surface area contributed by atoms with Gasteiger partial charge < -0.3 is 30.6 Å². The number of anilines is 2. The Kier molecular flexibility index (Phi) is 5.76. The topological polar surface area (TPSA) is 111 Å². The fourth-order valence-electron chi connectivity index (χ4n) is 4.96. The first-order chi connectivity index (χ1) is 16.9. The summed E-state index contributed by atoms with van der Waals surface area (Å²) in [6, 6.07) is 6.56. The third-order valence-electron chi connectivity index (χ3n) is 6.67. The Morgan fingerprint density at radius 2 is 2.17 bits per heavy atom. The number of fused-ring (bicyclic) bond motifs is 2. The van der Waals surface area contributed by atoms with Gasteiger partial charge in [-0.25, -0.2) is 9.18 Å². The standard InChI is InChI=1S/C24H24ClFN6O3/c1-27-23(34)32-9-7-24(12-32)11-29-22(33)17-19(30-16-5-3-4-14(25)20(16)35-2)18(31-21(17)24)13-6-8-28-10-15(13)26/h3-6,8,10,30-31H,7,9,11-12H2,1-2H3,(H,27,34)(H,29,33)/t24-/m1/s1. The van der Waals surface area contributed by atoms with E-state index in [1.165, 1.54) is 13.3 Å². The number of urea groups is 1. The van der Waals surface area contributed by atoms with Crippen LogP contribution in [0.3, 0.4) is 0 Å². The number of carbonyl (C=O) groups excluding carboxylic acids is 2. The summed E-state index contributed by atoms with van der Waals surface area (Å²) in [5.74, 6) is -0.451. The molecule has 9 nitrogen and oxygen atoms in total. The quantitative estimate of drug-likeness (QED) is 0.439. The molecule has 1 spiro atoms. The van der Waals surface area contributed by atoms with Gasteiger partial charge in [-0.1, -0.05) is 17.7 Å². The van der Waals surface area contributed by atoms with Crippen LogP contribution in [0.1, 0.15) is 22.5 Å². The Bertz CT molecular complexity index is 1330. The van der Waals surface area contributed by atoms with Crippen LogP contribution in [0.4, 0.5) is 20.6 Å². The number of benzene rings is 1. The lowest BCUT2D eigenvalue weighted by molar-refractivity contribution is 0.0926. The number of para-hydroxylation sites is 1. The molecule has 182 valence electrons. The molecule has 3 amide bonds. The van der Waals surface area contributed by atoms with Crippen molar-refractivity contribution in [2.24, 2.45) is 0 Å². The zero-order valence-electron chi connectivity index (χ0n) is 19.2. The van der Waals surface area contributed by atoms with E-state index in [0.717, 1.165) is 6.20 Å². The molecule has 2 aliphatic heterocycles. The number of hydrogen-bond donors (Lipinski definition) is 4. The highest BCUT2D eigenvalue weighted by Crippen LogP contribution is 2.46. The molecular weight excluding hydrogens is 475 g/mol. The lowest BCUT2D eigenvalue weighted by Crippen LogP contribution is -2.49. The molecule has 35 heavy (non-hydrogen) atoms. The van der Waals surface area contributed by atoms with Crippen molar-refractivity contribution in [2.45, 2.75) is 11.8 Å². The summed E-state index contributed by atoms with van der Waals surface area (Å²) in [4.78, 5) is 34.5. The molecule has 5 rings (SSSR count). The van der Waals surface area contributed by atoms with E-state index >= 15 is 0 Å². The highest BCUT2D eigenvalue weighted by atomic mass is 35.5. The number of likely N-dealkylation sites (tertiary alicyclic amines) is 1. The second-order valence-corrected chi connectivity index (χ2v) is 9.02. The molecular formula is C24H24ClFN6O3.